The summed E-state index contributed by atoms with van der Waals surface area (Å²) in [6, 6.07) is 3.00. The summed E-state index contributed by atoms with van der Waals surface area (Å²) in [6.45, 7) is 5.57. The number of likely N-dealkylation sites (tertiary alicyclic amines) is 1. The number of carbonyl (C=O) groups is 1. The topological polar surface area (TPSA) is 41.6 Å². The molecule has 1 aromatic carbocycles. The Bertz CT molecular complexity index is 609. The normalized spacial score (nSPS) is 15.9. The Morgan fingerprint density at radius 2 is 2.08 bits per heavy atom. The van der Waals surface area contributed by atoms with Crippen molar-refractivity contribution in [2.75, 3.05) is 33.3 Å². The van der Waals surface area contributed by atoms with E-state index in [1.54, 1.807) is 4.90 Å². The molecule has 1 aliphatic heterocycles. The van der Waals surface area contributed by atoms with E-state index in [9.17, 15) is 18.0 Å². The Morgan fingerprint density at radius 3 is 2.64 bits per heavy atom. The van der Waals surface area contributed by atoms with Gasteiger partial charge in [0.15, 0.2) is 0 Å². The van der Waals surface area contributed by atoms with Gasteiger partial charge in [-0.15, -0.1) is 0 Å². The second-order valence-electron chi connectivity index (χ2n) is 6.10. The van der Waals surface area contributed by atoms with Crippen molar-refractivity contribution in [2.24, 2.45) is 5.92 Å². The summed E-state index contributed by atoms with van der Waals surface area (Å²) in [5.74, 6) is 0.204. The van der Waals surface area contributed by atoms with E-state index in [-0.39, 0.29) is 17.9 Å². The minimum Gasteiger partial charge on any atom is -0.489 e. The highest BCUT2D eigenvalue weighted by Gasteiger charge is 2.33. The molecule has 1 N–H and O–H groups in total. The van der Waals surface area contributed by atoms with Gasteiger partial charge in [0, 0.05) is 13.1 Å². The molecule has 0 atom stereocenters. The minimum absolute atomic E-state index is 0.0521. The molecule has 7 heteroatoms. The van der Waals surface area contributed by atoms with E-state index >= 15 is 0 Å². The number of alkyl halides is 3. The van der Waals surface area contributed by atoms with Crippen LogP contribution in [-0.4, -0.2) is 44.1 Å². The van der Waals surface area contributed by atoms with E-state index in [4.69, 9.17) is 4.74 Å². The van der Waals surface area contributed by atoms with Gasteiger partial charge in [-0.05, 0) is 50.6 Å². The number of halogens is 3. The fourth-order valence-corrected chi connectivity index (χ4v) is 2.95. The maximum atomic E-state index is 13.0. The lowest BCUT2D eigenvalue weighted by Gasteiger charge is -2.32. The fraction of sp³-hybridized carbons (Fsp3) is 0.500. The molecule has 0 aliphatic carbocycles. The molecule has 0 radical (unpaired) electrons. The summed E-state index contributed by atoms with van der Waals surface area (Å²) < 4.78 is 44.4. The SMILES string of the molecule is C=CCOc1ccc(C(F)(F)F)cc1C(=O)N1CCC(CNC)CC1. The Labute approximate surface area is 145 Å². The Morgan fingerprint density at radius 1 is 1.40 bits per heavy atom. The van der Waals surface area contributed by atoms with Crippen molar-refractivity contribution >= 4 is 5.91 Å². The lowest BCUT2D eigenvalue weighted by atomic mass is 9.96. The highest BCUT2D eigenvalue weighted by atomic mass is 19.4. The largest absolute Gasteiger partial charge is 0.489 e. The molecule has 2 rings (SSSR count). The van der Waals surface area contributed by atoms with Crippen molar-refractivity contribution in [2.45, 2.75) is 19.0 Å². The Kier molecular flexibility index (Phi) is 6.47. The molecular formula is C18H23F3N2O2. The number of amides is 1. The maximum Gasteiger partial charge on any atom is 0.416 e. The van der Waals surface area contributed by atoms with Gasteiger partial charge in [-0.3, -0.25) is 4.79 Å². The highest BCUT2D eigenvalue weighted by Crippen LogP contribution is 2.33. The second-order valence-corrected chi connectivity index (χ2v) is 6.10. The van der Waals surface area contributed by atoms with Crippen molar-refractivity contribution in [1.82, 2.24) is 10.2 Å². The van der Waals surface area contributed by atoms with Crippen LogP contribution in [0.5, 0.6) is 5.75 Å². The first kappa shape index (κ1) is 19.3. The Hall–Kier alpha value is -2.02. The molecule has 1 aromatic rings. The average Bonchev–Trinajstić information content (AvgIpc) is 2.59. The molecule has 138 valence electrons. The molecule has 4 nitrogen and oxygen atoms in total. The van der Waals surface area contributed by atoms with E-state index in [0.29, 0.717) is 19.0 Å². The van der Waals surface area contributed by atoms with Crippen LogP contribution in [0.25, 0.3) is 0 Å². The molecular weight excluding hydrogens is 333 g/mol. The third-order valence-corrected chi connectivity index (χ3v) is 4.29. The zero-order chi connectivity index (χ0) is 18.4. The lowest BCUT2D eigenvalue weighted by molar-refractivity contribution is -0.137. The molecule has 0 saturated carbocycles. The Balaban J connectivity index is 2.22. The van der Waals surface area contributed by atoms with Crippen LogP contribution in [0.3, 0.4) is 0 Å². The van der Waals surface area contributed by atoms with Crippen LogP contribution in [0.15, 0.2) is 30.9 Å². The number of hydrogen-bond donors (Lipinski definition) is 1. The van der Waals surface area contributed by atoms with Gasteiger partial charge in [0.25, 0.3) is 5.91 Å². The van der Waals surface area contributed by atoms with Crippen LogP contribution >= 0.6 is 0 Å². The fourth-order valence-electron chi connectivity index (χ4n) is 2.95. The summed E-state index contributed by atoms with van der Waals surface area (Å²) in [7, 11) is 1.88. The van der Waals surface area contributed by atoms with Crippen molar-refractivity contribution in [3.8, 4) is 5.75 Å². The van der Waals surface area contributed by atoms with Crippen molar-refractivity contribution < 1.29 is 22.7 Å². The number of nitrogens with zero attached hydrogens (tertiary/aromatic N) is 1. The number of benzene rings is 1. The van der Waals surface area contributed by atoms with Crippen molar-refractivity contribution in [3.63, 3.8) is 0 Å². The summed E-state index contributed by atoms with van der Waals surface area (Å²) in [5, 5.41) is 3.11. The third-order valence-electron chi connectivity index (χ3n) is 4.29. The van der Waals surface area contributed by atoms with Gasteiger partial charge in [0.1, 0.15) is 12.4 Å². The number of hydrogen-bond acceptors (Lipinski definition) is 3. The summed E-state index contributed by atoms with van der Waals surface area (Å²) in [4.78, 5) is 14.4. The van der Waals surface area contributed by atoms with Gasteiger partial charge in [-0.1, -0.05) is 12.7 Å². The summed E-state index contributed by atoms with van der Waals surface area (Å²) in [5.41, 5.74) is -0.907. The van der Waals surface area contributed by atoms with E-state index in [1.807, 2.05) is 7.05 Å². The molecule has 1 heterocycles. The number of nitrogens with one attached hydrogen (secondary N) is 1. The number of carbonyl (C=O) groups excluding carboxylic acids is 1. The molecule has 1 aliphatic rings. The predicted octanol–water partition coefficient (Wildman–Crippen LogP) is 3.34. The van der Waals surface area contributed by atoms with E-state index in [2.05, 4.69) is 11.9 Å². The van der Waals surface area contributed by atoms with Gasteiger partial charge < -0.3 is 15.0 Å². The van der Waals surface area contributed by atoms with Crippen LogP contribution in [-0.2, 0) is 6.18 Å². The van der Waals surface area contributed by atoms with Crippen LogP contribution in [0.1, 0.15) is 28.8 Å². The van der Waals surface area contributed by atoms with E-state index in [1.165, 1.54) is 12.1 Å². The summed E-state index contributed by atoms with van der Waals surface area (Å²) in [6.07, 6.45) is -1.37. The monoisotopic (exact) mass is 356 g/mol. The van der Waals surface area contributed by atoms with Gasteiger partial charge in [0.05, 0.1) is 11.1 Å². The molecule has 1 saturated heterocycles. The second kappa shape index (κ2) is 8.38. The van der Waals surface area contributed by atoms with Gasteiger partial charge >= 0.3 is 6.18 Å². The smallest absolute Gasteiger partial charge is 0.416 e. The summed E-state index contributed by atoms with van der Waals surface area (Å²) >= 11 is 0. The first-order valence-electron chi connectivity index (χ1n) is 8.25. The third kappa shape index (κ3) is 4.98. The highest BCUT2D eigenvalue weighted by molar-refractivity contribution is 5.97. The average molecular weight is 356 g/mol. The molecule has 0 aromatic heterocycles. The van der Waals surface area contributed by atoms with Crippen molar-refractivity contribution in [1.29, 1.82) is 0 Å². The van der Waals surface area contributed by atoms with Gasteiger partial charge in [-0.25, -0.2) is 0 Å². The molecule has 0 spiro atoms. The van der Waals surface area contributed by atoms with Crippen LogP contribution in [0, 0.1) is 5.92 Å². The number of rotatable bonds is 6. The molecule has 0 unspecified atom stereocenters. The maximum absolute atomic E-state index is 13.0. The van der Waals surface area contributed by atoms with Crippen LogP contribution < -0.4 is 10.1 Å². The number of piperidine rings is 1. The number of ether oxygens (including phenoxy) is 1. The molecule has 25 heavy (non-hydrogen) atoms. The first-order chi connectivity index (χ1) is 11.9. The molecule has 0 bridgehead atoms. The lowest BCUT2D eigenvalue weighted by Crippen LogP contribution is -2.40. The molecule has 1 amide bonds. The van der Waals surface area contributed by atoms with E-state index < -0.39 is 17.6 Å². The quantitative estimate of drug-likeness (QED) is 0.795. The standard InChI is InChI=1S/C18H23F3N2O2/c1-3-10-25-16-5-4-14(18(19,20)21)11-15(16)17(24)23-8-6-13(7-9-23)12-22-2/h3-5,11,13,22H,1,6-10,12H2,2H3. The molecule has 1 fully saturated rings. The van der Waals surface area contributed by atoms with Crippen LogP contribution in [0.2, 0.25) is 0 Å². The first-order valence-corrected chi connectivity index (χ1v) is 8.25. The zero-order valence-corrected chi connectivity index (χ0v) is 14.2. The predicted molar refractivity (Wildman–Crippen MR) is 89.7 cm³/mol. The van der Waals surface area contributed by atoms with Crippen molar-refractivity contribution in [3.05, 3.63) is 42.0 Å². The van der Waals surface area contributed by atoms with Crippen LogP contribution in [0.4, 0.5) is 13.2 Å². The van der Waals surface area contributed by atoms with Gasteiger partial charge in [-0.2, -0.15) is 13.2 Å². The zero-order valence-electron chi connectivity index (χ0n) is 14.2. The van der Waals surface area contributed by atoms with Gasteiger partial charge in [0.2, 0.25) is 0 Å². The minimum atomic E-state index is -4.51. The van der Waals surface area contributed by atoms with E-state index in [0.717, 1.165) is 31.5 Å².